The standard InChI is InChI=1S/C19H20BrFN4O4/c1-10-8-15(24-29-10)22-18(26)16-11(2)25(6-7-28-3)19(27)23-17(16)12-4-5-14(21)13(20)9-12/h4-5,8-9,17H,6-7H2,1-3H3,(H,23,27)(H,22,24,26)/t17-/m1/s1. The molecule has 0 aliphatic carbocycles. The number of nitrogens with one attached hydrogen (secondary N) is 2. The first kappa shape index (κ1) is 21.0. The van der Waals surface area contributed by atoms with E-state index in [0.717, 1.165) is 0 Å². The van der Waals surface area contributed by atoms with E-state index in [1.54, 1.807) is 19.9 Å². The predicted molar refractivity (Wildman–Crippen MR) is 107 cm³/mol. The molecular formula is C19H20BrFN4O4. The Labute approximate surface area is 175 Å². The zero-order chi connectivity index (χ0) is 21.1. The van der Waals surface area contributed by atoms with Gasteiger partial charge in [0.2, 0.25) is 0 Å². The fourth-order valence-electron chi connectivity index (χ4n) is 3.08. The van der Waals surface area contributed by atoms with E-state index in [1.165, 1.54) is 30.2 Å². The fraction of sp³-hybridized carbons (Fsp3) is 0.316. The SMILES string of the molecule is COCCN1C(=O)N[C@H](c2ccc(F)c(Br)c2)C(C(=O)Nc2cc(C)on2)=C1C. The summed E-state index contributed by atoms with van der Waals surface area (Å²) in [6.45, 7) is 3.96. The third-order valence-corrected chi connectivity index (χ3v) is 5.11. The van der Waals surface area contributed by atoms with Gasteiger partial charge in [0.15, 0.2) is 5.82 Å². The molecule has 0 fully saturated rings. The van der Waals surface area contributed by atoms with Gasteiger partial charge < -0.3 is 19.9 Å². The van der Waals surface area contributed by atoms with Crippen molar-refractivity contribution in [3.8, 4) is 0 Å². The number of anilines is 1. The number of aryl methyl sites for hydroxylation is 1. The lowest BCUT2D eigenvalue weighted by Gasteiger charge is -2.35. The van der Waals surface area contributed by atoms with Crippen LogP contribution in [-0.4, -0.2) is 42.3 Å². The quantitative estimate of drug-likeness (QED) is 0.678. The Morgan fingerprint density at radius 1 is 1.41 bits per heavy atom. The van der Waals surface area contributed by atoms with E-state index < -0.39 is 17.8 Å². The summed E-state index contributed by atoms with van der Waals surface area (Å²) in [5, 5.41) is 9.27. The van der Waals surface area contributed by atoms with Gasteiger partial charge in [0.25, 0.3) is 5.91 Å². The number of urea groups is 1. The van der Waals surface area contributed by atoms with Gasteiger partial charge in [-0.05, 0) is 47.5 Å². The summed E-state index contributed by atoms with van der Waals surface area (Å²) in [5.74, 6) is -0.0955. The monoisotopic (exact) mass is 466 g/mol. The Kier molecular flexibility index (Phi) is 6.33. The third-order valence-electron chi connectivity index (χ3n) is 4.51. The number of methoxy groups -OCH3 is 1. The lowest BCUT2D eigenvalue weighted by molar-refractivity contribution is -0.113. The maximum atomic E-state index is 13.7. The van der Waals surface area contributed by atoms with Crippen LogP contribution in [0.3, 0.4) is 0 Å². The number of aromatic nitrogens is 1. The Bertz CT molecular complexity index is 975. The molecule has 0 radical (unpaired) electrons. The van der Waals surface area contributed by atoms with E-state index in [-0.39, 0.29) is 22.9 Å². The summed E-state index contributed by atoms with van der Waals surface area (Å²) in [4.78, 5) is 27.2. The molecule has 1 atom stereocenters. The Morgan fingerprint density at radius 2 is 2.17 bits per heavy atom. The van der Waals surface area contributed by atoms with Crippen LogP contribution < -0.4 is 10.6 Å². The highest BCUT2D eigenvalue weighted by Crippen LogP contribution is 2.33. The van der Waals surface area contributed by atoms with Crippen LogP contribution in [0.5, 0.6) is 0 Å². The number of hydrogen-bond acceptors (Lipinski definition) is 5. The second-order valence-electron chi connectivity index (χ2n) is 6.48. The zero-order valence-corrected chi connectivity index (χ0v) is 17.7. The first-order chi connectivity index (χ1) is 13.8. The smallest absolute Gasteiger partial charge is 0.322 e. The third kappa shape index (κ3) is 4.48. The molecule has 2 heterocycles. The molecule has 1 aromatic heterocycles. The van der Waals surface area contributed by atoms with Crippen molar-refractivity contribution in [2.75, 3.05) is 25.6 Å². The summed E-state index contributed by atoms with van der Waals surface area (Å²) in [5.41, 5.74) is 1.33. The van der Waals surface area contributed by atoms with E-state index in [2.05, 4.69) is 31.7 Å². The molecule has 0 spiro atoms. The molecule has 2 aromatic rings. The van der Waals surface area contributed by atoms with Crippen molar-refractivity contribution in [1.82, 2.24) is 15.4 Å². The summed E-state index contributed by atoms with van der Waals surface area (Å²) in [6, 6.07) is 4.77. The van der Waals surface area contributed by atoms with Crippen LogP contribution in [0.25, 0.3) is 0 Å². The molecule has 0 saturated carbocycles. The number of carbonyl (C=O) groups is 2. The Hall–Kier alpha value is -2.72. The van der Waals surface area contributed by atoms with Crippen LogP contribution >= 0.6 is 15.9 Å². The molecule has 2 N–H and O–H groups in total. The second-order valence-corrected chi connectivity index (χ2v) is 7.33. The van der Waals surface area contributed by atoms with E-state index in [9.17, 15) is 14.0 Å². The molecule has 1 aromatic carbocycles. The Morgan fingerprint density at radius 3 is 2.79 bits per heavy atom. The lowest BCUT2D eigenvalue weighted by Crippen LogP contribution is -2.49. The van der Waals surface area contributed by atoms with Crippen molar-refractivity contribution in [3.05, 3.63) is 57.1 Å². The van der Waals surface area contributed by atoms with Crippen molar-refractivity contribution < 1.29 is 23.2 Å². The minimum atomic E-state index is -0.772. The van der Waals surface area contributed by atoms with Crippen LogP contribution in [0.15, 0.2) is 44.5 Å². The molecule has 1 aliphatic heterocycles. The maximum Gasteiger partial charge on any atom is 0.322 e. The summed E-state index contributed by atoms with van der Waals surface area (Å²) >= 11 is 3.15. The van der Waals surface area contributed by atoms with Gasteiger partial charge in [-0.2, -0.15) is 0 Å². The average Bonchev–Trinajstić information content (AvgIpc) is 3.07. The fourth-order valence-corrected chi connectivity index (χ4v) is 3.47. The number of hydrogen-bond donors (Lipinski definition) is 2. The van der Waals surface area contributed by atoms with Crippen molar-refractivity contribution in [2.45, 2.75) is 19.9 Å². The van der Waals surface area contributed by atoms with Crippen molar-refractivity contribution in [3.63, 3.8) is 0 Å². The van der Waals surface area contributed by atoms with E-state index in [1.807, 2.05) is 0 Å². The molecule has 0 unspecified atom stereocenters. The van der Waals surface area contributed by atoms with E-state index in [0.29, 0.717) is 29.2 Å². The number of rotatable bonds is 6. The number of amides is 3. The highest BCUT2D eigenvalue weighted by atomic mass is 79.9. The van der Waals surface area contributed by atoms with Crippen LogP contribution in [0.4, 0.5) is 15.0 Å². The first-order valence-electron chi connectivity index (χ1n) is 8.79. The number of allylic oxidation sites excluding steroid dienone is 1. The van der Waals surface area contributed by atoms with Gasteiger partial charge >= 0.3 is 6.03 Å². The van der Waals surface area contributed by atoms with Gasteiger partial charge in [0, 0.05) is 18.9 Å². The zero-order valence-electron chi connectivity index (χ0n) is 16.1. The van der Waals surface area contributed by atoms with Crippen LogP contribution in [-0.2, 0) is 9.53 Å². The summed E-state index contributed by atoms with van der Waals surface area (Å²) in [7, 11) is 1.53. The highest BCUT2D eigenvalue weighted by Gasteiger charge is 2.36. The number of ether oxygens (including phenoxy) is 1. The molecule has 0 saturated heterocycles. The van der Waals surface area contributed by atoms with E-state index >= 15 is 0 Å². The maximum absolute atomic E-state index is 13.7. The average molecular weight is 467 g/mol. The van der Waals surface area contributed by atoms with Crippen LogP contribution in [0, 0.1) is 12.7 Å². The molecule has 29 heavy (non-hydrogen) atoms. The van der Waals surface area contributed by atoms with Crippen molar-refractivity contribution in [1.29, 1.82) is 0 Å². The van der Waals surface area contributed by atoms with Gasteiger partial charge in [-0.1, -0.05) is 11.2 Å². The van der Waals surface area contributed by atoms with E-state index in [4.69, 9.17) is 9.26 Å². The first-order valence-corrected chi connectivity index (χ1v) is 9.58. The van der Waals surface area contributed by atoms with Gasteiger partial charge in [-0.25, -0.2) is 9.18 Å². The molecular weight excluding hydrogens is 447 g/mol. The second kappa shape index (κ2) is 8.75. The Balaban J connectivity index is 2.02. The van der Waals surface area contributed by atoms with Gasteiger partial charge in [0.1, 0.15) is 11.6 Å². The lowest BCUT2D eigenvalue weighted by atomic mass is 9.94. The molecule has 3 amide bonds. The number of nitrogens with zero attached hydrogens (tertiary/aromatic N) is 2. The van der Waals surface area contributed by atoms with Gasteiger partial charge in [-0.15, -0.1) is 0 Å². The van der Waals surface area contributed by atoms with Gasteiger partial charge in [0.05, 0.1) is 29.2 Å². The van der Waals surface area contributed by atoms with Crippen molar-refractivity contribution >= 4 is 33.7 Å². The van der Waals surface area contributed by atoms with Crippen molar-refractivity contribution in [2.24, 2.45) is 0 Å². The molecule has 10 heteroatoms. The summed E-state index contributed by atoms with van der Waals surface area (Å²) in [6.07, 6.45) is 0. The minimum absolute atomic E-state index is 0.232. The highest BCUT2D eigenvalue weighted by molar-refractivity contribution is 9.10. The molecule has 0 bridgehead atoms. The topological polar surface area (TPSA) is 96.7 Å². The number of halogens is 2. The normalized spacial score (nSPS) is 16.8. The largest absolute Gasteiger partial charge is 0.383 e. The predicted octanol–water partition coefficient (Wildman–Crippen LogP) is 3.51. The number of benzene rings is 1. The molecule has 1 aliphatic rings. The van der Waals surface area contributed by atoms with Gasteiger partial charge in [-0.3, -0.25) is 9.69 Å². The molecule has 8 nitrogen and oxygen atoms in total. The summed E-state index contributed by atoms with van der Waals surface area (Å²) < 4.78 is 24.0. The van der Waals surface area contributed by atoms with Crippen LogP contribution in [0.1, 0.15) is 24.3 Å². The molecule has 3 rings (SSSR count). The molecule has 154 valence electrons. The number of carbonyl (C=O) groups excluding carboxylic acids is 2. The minimum Gasteiger partial charge on any atom is -0.383 e. The van der Waals surface area contributed by atoms with Crippen LogP contribution in [0.2, 0.25) is 0 Å².